The number of carbonyl (C=O) groups excluding carboxylic acids is 1. The average molecular weight is 359 g/mol. The number of benzene rings is 1. The van der Waals surface area contributed by atoms with Gasteiger partial charge in [0.25, 0.3) is 5.91 Å². The smallest absolute Gasteiger partial charge is 0.275 e. The maximum absolute atomic E-state index is 12.2. The summed E-state index contributed by atoms with van der Waals surface area (Å²) in [7, 11) is 1.70. The van der Waals surface area contributed by atoms with E-state index >= 15 is 0 Å². The molecule has 1 heterocycles. The van der Waals surface area contributed by atoms with E-state index in [9.17, 15) is 4.79 Å². The summed E-state index contributed by atoms with van der Waals surface area (Å²) in [6.45, 7) is 5.32. The highest BCUT2D eigenvalue weighted by molar-refractivity contribution is 5.76. The highest BCUT2D eigenvalue weighted by Crippen LogP contribution is 2.21. The number of hydrogen-bond donors (Lipinski definition) is 2. The molecule has 5 nitrogen and oxygen atoms in total. The van der Waals surface area contributed by atoms with E-state index in [1.807, 2.05) is 12.1 Å². The first kappa shape index (κ1) is 18.8. The molecule has 0 atom stereocenters. The van der Waals surface area contributed by atoms with Crippen LogP contribution in [0.1, 0.15) is 32.1 Å². The molecule has 0 unspecified atom stereocenters. The van der Waals surface area contributed by atoms with Crippen molar-refractivity contribution in [3.05, 3.63) is 35.9 Å². The van der Waals surface area contributed by atoms with Crippen molar-refractivity contribution in [2.75, 3.05) is 51.3 Å². The molecule has 1 saturated heterocycles. The molecule has 0 saturated carbocycles. The van der Waals surface area contributed by atoms with Crippen LogP contribution in [0, 0.1) is 0 Å². The minimum atomic E-state index is 0.186. The number of piperazine rings is 1. The SMILES string of the molecule is COc1cccc(N2CC[NH+](CC(=O)NCCC3=CCCCC3)CC2)c1. The third-order valence-corrected chi connectivity index (χ3v) is 5.45. The van der Waals surface area contributed by atoms with Gasteiger partial charge in [-0.15, -0.1) is 0 Å². The van der Waals surface area contributed by atoms with Crippen molar-refractivity contribution < 1.29 is 14.4 Å². The Hall–Kier alpha value is -2.01. The highest BCUT2D eigenvalue weighted by Gasteiger charge is 2.22. The van der Waals surface area contributed by atoms with E-state index in [1.165, 1.54) is 41.8 Å². The van der Waals surface area contributed by atoms with Gasteiger partial charge in [0, 0.05) is 18.3 Å². The molecule has 2 aliphatic rings. The van der Waals surface area contributed by atoms with Gasteiger partial charge in [-0.25, -0.2) is 0 Å². The second-order valence-electron chi connectivity index (χ2n) is 7.32. The molecule has 1 aromatic rings. The Morgan fingerprint density at radius 1 is 1.27 bits per heavy atom. The minimum Gasteiger partial charge on any atom is -0.497 e. The van der Waals surface area contributed by atoms with Gasteiger partial charge in [0.05, 0.1) is 33.3 Å². The fourth-order valence-corrected chi connectivity index (χ4v) is 3.85. The number of ether oxygens (including phenoxy) is 1. The fourth-order valence-electron chi connectivity index (χ4n) is 3.85. The third-order valence-electron chi connectivity index (χ3n) is 5.45. The molecule has 0 spiro atoms. The molecule has 1 amide bonds. The number of rotatable bonds is 7. The molecular weight excluding hydrogens is 326 g/mol. The second kappa shape index (κ2) is 9.62. The summed E-state index contributed by atoms with van der Waals surface area (Å²) >= 11 is 0. The summed E-state index contributed by atoms with van der Waals surface area (Å²) < 4.78 is 5.31. The first-order valence-electron chi connectivity index (χ1n) is 9.92. The number of hydrogen-bond acceptors (Lipinski definition) is 3. The number of methoxy groups -OCH3 is 1. The zero-order valence-electron chi connectivity index (χ0n) is 15.9. The van der Waals surface area contributed by atoms with E-state index in [1.54, 1.807) is 7.11 Å². The van der Waals surface area contributed by atoms with Crippen LogP contribution in [0.4, 0.5) is 5.69 Å². The van der Waals surface area contributed by atoms with Crippen molar-refractivity contribution in [3.8, 4) is 5.75 Å². The number of anilines is 1. The Kier molecular flexibility index (Phi) is 6.95. The van der Waals surface area contributed by atoms with Crippen molar-refractivity contribution in [2.24, 2.45) is 0 Å². The number of quaternary nitrogens is 1. The van der Waals surface area contributed by atoms with Gasteiger partial charge in [-0.05, 0) is 44.2 Å². The first-order valence-corrected chi connectivity index (χ1v) is 9.92. The van der Waals surface area contributed by atoms with Crippen molar-refractivity contribution in [2.45, 2.75) is 32.1 Å². The van der Waals surface area contributed by atoms with Gasteiger partial charge in [-0.1, -0.05) is 17.7 Å². The number of nitrogens with zero attached hydrogens (tertiary/aromatic N) is 1. The predicted octanol–water partition coefficient (Wildman–Crippen LogP) is 1.41. The van der Waals surface area contributed by atoms with E-state index in [-0.39, 0.29) is 5.91 Å². The van der Waals surface area contributed by atoms with Crippen molar-refractivity contribution in [1.82, 2.24) is 5.32 Å². The summed E-state index contributed by atoms with van der Waals surface area (Å²) in [4.78, 5) is 16.0. The highest BCUT2D eigenvalue weighted by atomic mass is 16.5. The van der Waals surface area contributed by atoms with Gasteiger partial charge in [0.15, 0.2) is 6.54 Å². The van der Waals surface area contributed by atoms with E-state index in [0.29, 0.717) is 6.54 Å². The molecule has 26 heavy (non-hydrogen) atoms. The normalized spacial score (nSPS) is 18.3. The lowest BCUT2D eigenvalue weighted by Gasteiger charge is -2.33. The molecule has 0 bridgehead atoms. The molecule has 1 aliphatic heterocycles. The second-order valence-corrected chi connectivity index (χ2v) is 7.32. The molecule has 142 valence electrons. The van der Waals surface area contributed by atoms with Gasteiger partial charge in [-0.2, -0.15) is 0 Å². The first-order chi connectivity index (χ1) is 12.7. The predicted molar refractivity (Wildman–Crippen MR) is 105 cm³/mol. The van der Waals surface area contributed by atoms with Crippen LogP contribution in [0.25, 0.3) is 0 Å². The van der Waals surface area contributed by atoms with Crippen LogP contribution in [0.15, 0.2) is 35.9 Å². The monoisotopic (exact) mass is 358 g/mol. The Balaban J connectivity index is 1.36. The topological polar surface area (TPSA) is 46.0 Å². The van der Waals surface area contributed by atoms with Crippen molar-refractivity contribution >= 4 is 11.6 Å². The Morgan fingerprint density at radius 3 is 2.85 bits per heavy atom. The van der Waals surface area contributed by atoms with E-state index in [0.717, 1.165) is 44.9 Å². The summed E-state index contributed by atoms with van der Waals surface area (Å²) in [5.74, 6) is 1.08. The molecule has 3 rings (SSSR count). The maximum atomic E-state index is 12.2. The number of nitrogens with one attached hydrogen (secondary N) is 2. The van der Waals surface area contributed by atoms with Crippen molar-refractivity contribution in [1.29, 1.82) is 0 Å². The van der Waals surface area contributed by atoms with E-state index < -0.39 is 0 Å². The molecule has 5 heteroatoms. The van der Waals surface area contributed by atoms with Gasteiger partial charge in [0.1, 0.15) is 5.75 Å². The third kappa shape index (κ3) is 5.49. The summed E-state index contributed by atoms with van der Waals surface area (Å²) in [6, 6.07) is 8.21. The summed E-state index contributed by atoms with van der Waals surface area (Å²) in [6.07, 6.45) is 8.43. The average Bonchev–Trinajstić information content (AvgIpc) is 2.69. The van der Waals surface area contributed by atoms with Gasteiger partial charge in [-0.3, -0.25) is 4.79 Å². The Morgan fingerprint density at radius 2 is 2.12 bits per heavy atom. The summed E-state index contributed by atoms with van der Waals surface area (Å²) in [5.41, 5.74) is 2.73. The standard InChI is InChI=1S/C21H31N3O2/c1-26-20-9-5-8-19(16-20)24-14-12-23(13-15-24)17-21(25)22-11-10-18-6-3-2-4-7-18/h5-6,8-9,16H,2-4,7,10-15,17H2,1H3,(H,22,25)/p+1. The quantitative estimate of drug-likeness (QED) is 0.725. The van der Waals surface area contributed by atoms with Crippen LogP contribution >= 0.6 is 0 Å². The van der Waals surface area contributed by atoms with Gasteiger partial charge >= 0.3 is 0 Å². The van der Waals surface area contributed by atoms with Crippen molar-refractivity contribution in [3.63, 3.8) is 0 Å². The maximum Gasteiger partial charge on any atom is 0.275 e. The molecule has 1 aliphatic carbocycles. The lowest BCUT2D eigenvalue weighted by Crippen LogP contribution is -3.15. The number of amides is 1. The zero-order chi connectivity index (χ0) is 18.2. The fraction of sp³-hybridized carbons (Fsp3) is 0.571. The van der Waals surface area contributed by atoms with Crippen LogP contribution in [0.5, 0.6) is 5.75 Å². The largest absolute Gasteiger partial charge is 0.497 e. The lowest BCUT2D eigenvalue weighted by molar-refractivity contribution is -0.892. The number of allylic oxidation sites excluding steroid dienone is 1. The zero-order valence-corrected chi connectivity index (χ0v) is 15.9. The van der Waals surface area contributed by atoms with Crippen LogP contribution in [0.3, 0.4) is 0 Å². The van der Waals surface area contributed by atoms with Crippen LogP contribution in [-0.4, -0.2) is 52.3 Å². The Bertz CT molecular complexity index is 621. The Labute approximate surface area is 157 Å². The van der Waals surface area contributed by atoms with Crippen LogP contribution in [-0.2, 0) is 4.79 Å². The van der Waals surface area contributed by atoms with E-state index in [4.69, 9.17) is 4.74 Å². The molecule has 1 fully saturated rings. The van der Waals surface area contributed by atoms with Gasteiger partial charge < -0.3 is 19.9 Å². The lowest BCUT2D eigenvalue weighted by atomic mass is 9.97. The molecule has 0 aromatic heterocycles. The molecule has 0 radical (unpaired) electrons. The molecule has 1 aromatic carbocycles. The van der Waals surface area contributed by atoms with Crippen LogP contribution < -0.4 is 19.9 Å². The van der Waals surface area contributed by atoms with E-state index in [2.05, 4.69) is 28.4 Å². The number of carbonyl (C=O) groups is 1. The summed E-state index contributed by atoms with van der Waals surface area (Å²) in [5, 5.41) is 3.10. The van der Waals surface area contributed by atoms with Crippen LogP contribution in [0.2, 0.25) is 0 Å². The minimum absolute atomic E-state index is 0.186. The molecular formula is C21H32N3O2+. The molecule has 2 N–H and O–H groups in total. The van der Waals surface area contributed by atoms with Gasteiger partial charge in [0.2, 0.25) is 0 Å².